The van der Waals surface area contributed by atoms with Gasteiger partial charge in [0.05, 0.1) is 0 Å². The molecule has 2 atom stereocenters. The van der Waals surface area contributed by atoms with Crippen molar-refractivity contribution in [1.82, 2.24) is 4.98 Å². The minimum Gasteiger partial charge on any atom is -0.345 e. The lowest BCUT2D eigenvalue weighted by Crippen LogP contribution is -2.45. The number of thiazole rings is 1. The van der Waals surface area contributed by atoms with Gasteiger partial charge in [-0.25, -0.2) is 4.98 Å². The Morgan fingerprint density at radius 2 is 2.44 bits per heavy atom. The maximum atomic E-state index is 8.84. The van der Waals surface area contributed by atoms with E-state index < -0.39 is 0 Å². The fourth-order valence-electron chi connectivity index (χ4n) is 1.98. The molecule has 16 heavy (non-hydrogen) atoms. The summed E-state index contributed by atoms with van der Waals surface area (Å²) in [7, 11) is 0. The molecule has 2 rings (SSSR count). The van der Waals surface area contributed by atoms with Gasteiger partial charge in [-0.05, 0) is 19.8 Å². The normalized spacial score (nSPS) is 25.5. The molecule has 86 valence electrons. The molecule has 2 unspecified atom stereocenters. The van der Waals surface area contributed by atoms with Crippen LogP contribution in [0.1, 0.15) is 24.6 Å². The molecule has 0 amide bonds. The van der Waals surface area contributed by atoms with Crippen LogP contribution in [-0.4, -0.2) is 23.6 Å². The monoisotopic (exact) mass is 256 g/mol. The summed E-state index contributed by atoms with van der Waals surface area (Å²) >= 11 is 7.22. The Bertz CT molecular complexity index is 425. The van der Waals surface area contributed by atoms with E-state index in [0.29, 0.717) is 16.1 Å². The van der Waals surface area contributed by atoms with Crippen molar-refractivity contribution < 1.29 is 0 Å². The molecule has 1 aromatic heterocycles. The van der Waals surface area contributed by atoms with Crippen LogP contribution in [0.2, 0.25) is 5.15 Å². The lowest BCUT2D eigenvalue weighted by Gasteiger charge is -2.36. The van der Waals surface area contributed by atoms with Gasteiger partial charge in [0.2, 0.25) is 0 Å². The van der Waals surface area contributed by atoms with E-state index in [1.165, 1.54) is 11.3 Å². The number of anilines is 1. The van der Waals surface area contributed by atoms with Gasteiger partial charge >= 0.3 is 0 Å². The molecule has 1 saturated heterocycles. The van der Waals surface area contributed by atoms with Gasteiger partial charge in [0.15, 0.2) is 10.3 Å². The van der Waals surface area contributed by atoms with Crippen LogP contribution >= 0.6 is 22.9 Å². The molecule has 4 nitrogen and oxygen atoms in total. The lowest BCUT2D eigenvalue weighted by atomic mass is 10.00. The topological polar surface area (TPSA) is 65.9 Å². The van der Waals surface area contributed by atoms with Crippen LogP contribution in [0.15, 0.2) is 0 Å². The molecule has 6 heteroatoms. The van der Waals surface area contributed by atoms with Gasteiger partial charge in [-0.3, -0.25) is 0 Å². The highest BCUT2D eigenvalue weighted by atomic mass is 35.5. The average molecular weight is 257 g/mol. The number of nitrogens with zero attached hydrogens (tertiary/aromatic N) is 3. The van der Waals surface area contributed by atoms with Crippen molar-refractivity contribution in [3.05, 3.63) is 10.0 Å². The summed E-state index contributed by atoms with van der Waals surface area (Å²) in [5.41, 5.74) is 5.90. The van der Waals surface area contributed by atoms with Gasteiger partial charge in [0.25, 0.3) is 0 Å². The molecule has 0 bridgehead atoms. The fourth-order valence-corrected chi connectivity index (χ4v) is 3.15. The van der Waals surface area contributed by atoms with E-state index in [2.05, 4.69) is 22.9 Å². The Morgan fingerprint density at radius 3 is 3.00 bits per heavy atom. The highest BCUT2D eigenvalue weighted by Gasteiger charge is 2.26. The third-order valence-electron chi connectivity index (χ3n) is 2.84. The van der Waals surface area contributed by atoms with Crippen LogP contribution < -0.4 is 10.6 Å². The van der Waals surface area contributed by atoms with E-state index in [9.17, 15) is 0 Å². The second-order valence-corrected chi connectivity index (χ2v) is 5.39. The van der Waals surface area contributed by atoms with Crippen molar-refractivity contribution in [2.45, 2.75) is 31.8 Å². The summed E-state index contributed by atoms with van der Waals surface area (Å²) in [5, 5.41) is 9.98. The summed E-state index contributed by atoms with van der Waals surface area (Å²) < 4.78 is 0. The molecule has 0 radical (unpaired) electrons. The van der Waals surface area contributed by atoms with Gasteiger partial charge in [-0.2, -0.15) is 5.26 Å². The zero-order valence-electron chi connectivity index (χ0n) is 8.98. The fraction of sp³-hybridized carbons (Fsp3) is 0.600. The Morgan fingerprint density at radius 1 is 1.69 bits per heavy atom. The van der Waals surface area contributed by atoms with E-state index in [1.54, 1.807) is 0 Å². The van der Waals surface area contributed by atoms with Crippen molar-refractivity contribution in [3.8, 4) is 6.07 Å². The van der Waals surface area contributed by atoms with Crippen molar-refractivity contribution in [1.29, 1.82) is 5.26 Å². The van der Waals surface area contributed by atoms with Crippen LogP contribution in [0.5, 0.6) is 0 Å². The SMILES string of the molecule is CC1CC(N)CCN1c1nc(Cl)c(C#N)s1. The summed E-state index contributed by atoms with van der Waals surface area (Å²) in [5.74, 6) is 0. The van der Waals surface area contributed by atoms with Crippen molar-refractivity contribution in [3.63, 3.8) is 0 Å². The maximum absolute atomic E-state index is 8.84. The van der Waals surface area contributed by atoms with E-state index in [1.807, 2.05) is 0 Å². The second-order valence-electron chi connectivity index (χ2n) is 4.06. The van der Waals surface area contributed by atoms with Gasteiger partial charge < -0.3 is 10.6 Å². The first-order valence-corrected chi connectivity index (χ1v) is 6.40. The average Bonchev–Trinajstić information content (AvgIpc) is 2.59. The van der Waals surface area contributed by atoms with Crippen LogP contribution in [0, 0.1) is 11.3 Å². The summed E-state index contributed by atoms with van der Waals surface area (Å²) in [6.07, 6.45) is 1.92. The highest BCUT2D eigenvalue weighted by Crippen LogP contribution is 2.32. The van der Waals surface area contributed by atoms with Gasteiger partial charge in [-0.1, -0.05) is 22.9 Å². The predicted molar refractivity (Wildman–Crippen MR) is 65.9 cm³/mol. The number of nitrogens with two attached hydrogens (primary N) is 1. The third kappa shape index (κ3) is 2.14. The van der Waals surface area contributed by atoms with E-state index in [4.69, 9.17) is 22.6 Å². The molecule has 2 heterocycles. The Hall–Kier alpha value is -0.830. The Labute approximate surface area is 104 Å². The van der Waals surface area contributed by atoms with Crippen LogP contribution in [0.4, 0.5) is 5.13 Å². The van der Waals surface area contributed by atoms with Crippen LogP contribution in [0.3, 0.4) is 0 Å². The zero-order chi connectivity index (χ0) is 11.7. The molecule has 0 aliphatic carbocycles. The van der Waals surface area contributed by atoms with Crippen LogP contribution in [-0.2, 0) is 0 Å². The molecule has 1 aliphatic heterocycles. The summed E-state index contributed by atoms with van der Waals surface area (Å²) in [6.45, 7) is 3.01. The minimum atomic E-state index is 0.275. The standard InChI is InChI=1S/C10H13ClN4S/c1-6-4-7(13)2-3-15(6)10-14-9(11)8(5-12)16-10/h6-7H,2-4,13H2,1H3. The molecular formula is C10H13ClN4S. The number of rotatable bonds is 1. The first-order valence-electron chi connectivity index (χ1n) is 5.20. The molecule has 1 fully saturated rings. The first kappa shape index (κ1) is 11.6. The molecule has 1 aliphatic rings. The van der Waals surface area contributed by atoms with Crippen molar-refractivity contribution in [2.24, 2.45) is 5.73 Å². The third-order valence-corrected chi connectivity index (χ3v) is 4.22. The molecule has 0 saturated carbocycles. The molecule has 0 spiro atoms. The number of piperidine rings is 1. The predicted octanol–water partition coefficient (Wildman–Crippen LogP) is 1.98. The number of aromatic nitrogens is 1. The molecular weight excluding hydrogens is 244 g/mol. The number of nitriles is 1. The quantitative estimate of drug-likeness (QED) is 0.835. The summed E-state index contributed by atoms with van der Waals surface area (Å²) in [4.78, 5) is 6.89. The number of hydrogen-bond acceptors (Lipinski definition) is 5. The number of halogens is 1. The smallest absolute Gasteiger partial charge is 0.188 e. The second kappa shape index (κ2) is 4.58. The van der Waals surface area contributed by atoms with Crippen LogP contribution in [0.25, 0.3) is 0 Å². The summed E-state index contributed by atoms with van der Waals surface area (Å²) in [6, 6.07) is 2.68. The Balaban J connectivity index is 2.21. The lowest BCUT2D eigenvalue weighted by molar-refractivity contribution is 0.429. The minimum absolute atomic E-state index is 0.275. The van der Waals surface area contributed by atoms with Crippen molar-refractivity contribution >= 4 is 28.1 Å². The zero-order valence-corrected chi connectivity index (χ0v) is 10.6. The van der Waals surface area contributed by atoms with Crippen molar-refractivity contribution in [2.75, 3.05) is 11.4 Å². The van der Waals surface area contributed by atoms with E-state index in [0.717, 1.165) is 24.5 Å². The van der Waals surface area contributed by atoms with Gasteiger partial charge in [-0.15, -0.1) is 0 Å². The molecule has 2 N–H and O–H groups in total. The highest BCUT2D eigenvalue weighted by molar-refractivity contribution is 7.16. The largest absolute Gasteiger partial charge is 0.345 e. The first-order chi connectivity index (χ1) is 7.61. The van der Waals surface area contributed by atoms with Gasteiger partial charge in [0.1, 0.15) is 10.9 Å². The van der Waals surface area contributed by atoms with E-state index in [-0.39, 0.29) is 6.04 Å². The Kier molecular flexibility index (Phi) is 3.33. The van der Waals surface area contributed by atoms with Gasteiger partial charge in [0, 0.05) is 18.6 Å². The molecule has 1 aromatic rings. The molecule has 0 aromatic carbocycles. The number of hydrogen-bond donors (Lipinski definition) is 1. The van der Waals surface area contributed by atoms with E-state index >= 15 is 0 Å². The maximum Gasteiger partial charge on any atom is 0.188 e.